The van der Waals surface area contributed by atoms with Crippen LogP contribution in [0.3, 0.4) is 0 Å². The molecule has 5 nitrogen and oxygen atoms in total. The van der Waals surface area contributed by atoms with Gasteiger partial charge in [0.05, 0.1) is 5.56 Å². The second-order valence-corrected chi connectivity index (χ2v) is 8.95. The normalized spacial score (nSPS) is 23.3. The number of carbonyl (C=O) groups excluding carboxylic acids is 2. The van der Waals surface area contributed by atoms with Crippen molar-refractivity contribution in [3.05, 3.63) is 88.5 Å². The predicted octanol–water partition coefficient (Wildman–Crippen LogP) is 5.86. The number of hydrogen-bond donors (Lipinski definition) is 0. The Labute approximate surface area is 200 Å². The average Bonchev–Trinajstić information content (AvgIpc) is 3.30. The Hall–Kier alpha value is -3.55. The van der Waals surface area contributed by atoms with Gasteiger partial charge in [0.25, 0.3) is 0 Å². The van der Waals surface area contributed by atoms with Gasteiger partial charge in [-0.15, -0.1) is 0 Å². The lowest BCUT2D eigenvalue weighted by atomic mass is 9.93. The number of hydrogen-bond acceptors (Lipinski definition) is 4. The molecule has 8 heteroatoms. The van der Waals surface area contributed by atoms with E-state index in [9.17, 15) is 22.8 Å². The lowest BCUT2D eigenvalue weighted by Crippen LogP contribution is -2.43. The van der Waals surface area contributed by atoms with Gasteiger partial charge in [0.1, 0.15) is 12.6 Å². The molecule has 3 unspecified atom stereocenters. The molecule has 2 aromatic rings. The Morgan fingerprint density at radius 3 is 2.63 bits per heavy atom. The summed E-state index contributed by atoms with van der Waals surface area (Å²) >= 11 is 0. The van der Waals surface area contributed by atoms with Gasteiger partial charge in [0.2, 0.25) is 0 Å². The lowest BCUT2D eigenvalue weighted by molar-refractivity contribution is -0.142. The number of esters is 1. The third-order valence-electron chi connectivity index (χ3n) is 6.82. The van der Waals surface area contributed by atoms with Crippen molar-refractivity contribution < 1.29 is 32.2 Å². The Kier molecular flexibility index (Phi) is 5.91. The molecule has 0 spiro atoms. The van der Waals surface area contributed by atoms with Crippen LogP contribution in [-0.4, -0.2) is 35.8 Å². The first-order valence-electron chi connectivity index (χ1n) is 11.5. The summed E-state index contributed by atoms with van der Waals surface area (Å²) in [6, 6.07) is 11.6. The van der Waals surface area contributed by atoms with E-state index >= 15 is 0 Å². The highest BCUT2D eigenvalue weighted by molar-refractivity contribution is 5.85. The summed E-state index contributed by atoms with van der Waals surface area (Å²) in [5, 5.41) is 0. The second kappa shape index (κ2) is 8.91. The zero-order chi connectivity index (χ0) is 24.7. The van der Waals surface area contributed by atoms with Crippen molar-refractivity contribution in [1.29, 1.82) is 0 Å². The van der Waals surface area contributed by atoms with Gasteiger partial charge in [0.15, 0.2) is 6.23 Å². The fourth-order valence-electron chi connectivity index (χ4n) is 5.13. The number of rotatable bonds is 4. The molecule has 1 fully saturated rings. The third-order valence-corrected chi connectivity index (χ3v) is 6.82. The van der Waals surface area contributed by atoms with E-state index in [0.29, 0.717) is 5.56 Å². The van der Waals surface area contributed by atoms with Crippen LogP contribution < -0.4 is 0 Å². The van der Waals surface area contributed by atoms with Crippen LogP contribution in [0.1, 0.15) is 47.9 Å². The van der Waals surface area contributed by atoms with Gasteiger partial charge in [-0.25, -0.2) is 9.59 Å². The van der Waals surface area contributed by atoms with E-state index in [4.69, 9.17) is 9.47 Å². The monoisotopic (exact) mass is 483 g/mol. The zero-order valence-electron chi connectivity index (χ0n) is 19.0. The number of fused-ring (bicyclic) bond motifs is 2. The second-order valence-electron chi connectivity index (χ2n) is 8.95. The molecule has 1 heterocycles. The van der Waals surface area contributed by atoms with Crippen molar-refractivity contribution in [1.82, 2.24) is 4.90 Å². The third kappa shape index (κ3) is 4.33. The van der Waals surface area contributed by atoms with Gasteiger partial charge in [0, 0.05) is 12.3 Å². The molecule has 3 atom stereocenters. The SMILES string of the molecule is CC1OC(=O)C(Cc2ccc(C(F)(F)F)cc2)N1C(=O)OCC1C2=C(CCC=C2)c2ccccc21. The molecule has 0 bridgehead atoms. The van der Waals surface area contributed by atoms with Gasteiger partial charge in [-0.3, -0.25) is 4.90 Å². The van der Waals surface area contributed by atoms with Crippen LogP contribution in [0.4, 0.5) is 18.0 Å². The van der Waals surface area contributed by atoms with Crippen molar-refractivity contribution in [2.75, 3.05) is 6.61 Å². The van der Waals surface area contributed by atoms with Crippen molar-refractivity contribution in [3.8, 4) is 0 Å². The largest absolute Gasteiger partial charge is 0.448 e. The van der Waals surface area contributed by atoms with Crippen LogP contribution in [-0.2, 0) is 26.9 Å². The summed E-state index contributed by atoms with van der Waals surface area (Å²) in [6.45, 7) is 1.69. The number of amides is 1. The van der Waals surface area contributed by atoms with Gasteiger partial charge in [-0.05, 0) is 59.7 Å². The summed E-state index contributed by atoms with van der Waals surface area (Å²) in [7, 11) is 0. The van der Waals surface area contributed by atoms with Crippen LogP contribution in [0.15, 0.2) is 66.3 Å². The van der Waals surface area contributed by atoms with Gasteiger partial charge in [-0.2, -0.15) is 13.2 Å². The smallest absolute Gasteiger partial charge is 0.416 e. The number of carbonyl (C=O) groups is 2. The Morgan fingerprint density at radius 2 is 1.89 bits per heavy atom. The Balaban J connectivity index is 1.31. The summed E-state index contributed by atoms with van der Waals surface area (Å²) in [5.74, 6) is -0.703. The molecule has 2 aromatic carbocycles. The zero-order valence-corrected chi connectivity index (χ0v) is 19.0. The van der Waals surface area contributed by atoms with E-state index in [-0.39, 0.29) is 18.9 Å². The number of ether oxygens (including phenoxy) is 2. The van der Waals surface area contributed by atoms with Crippen molar-refractivity contribution in [3.63, 3.8) is 0 Å². The number of allylic oxidation sites excluding steroid dienone is 3. The summed E-state index contributed by atoms with van der Waals surface area (Å²) in [5.41, 5.74) is 4.42. The molecule has 0 radical (unpaired) electrons. The van der Waals surface area contributed by atoms with Crippen molar-refractivity contribution >= 4 is 17.6 Å². The predicted molar refractivity (Wildman–Crippen MR) is 122 cm³/mol. The highest BCUT2D eigenvalue weighted by Gasteiger charge is 2.44. The number of halogens is 3. The topological polar surface area (TPSA) is 55.8 Å². The quantitative estimate of drug-likeness (QED) is 0.512. The van der Waals surface area contributed by atoms with Crippen LogP contribution in [0.25, 0.3) is 5.57 Å². The maximum absolute atomic E-state index is 13.1. The average molecular weight is 483 g/mol. The maximum atomic E-state index is 13.1. The minimum atomic E-state index is -4.45. The molecular formula is C27H24F3NO4. The molecule has 0 saturated carbocycles. The van der Waals surface area contributed by atoms with E-state index < -0.39 is 36.1 Å². The summed E-state index contributed by atoms with van der Waals surface area (Å²) in [4.78, 5) is 26.8. The first kappa shape index (κ1) is 23.2. The van der Waals surface area contributed by atoms with Crippen LogP contribution in [0.2, 0.25) is 0 Å². The highest BCUT2D eigenvalue weighted by atomic mass is 19.4. The minimum absolute atomic E-state index is 0.0285. The number of nitrogens with zero attached hydrogens (tertiary/aromatic N) is 1. The molecule has 5 rings (SSSR count). The molecule has 0 aromatic heterocycles. The van der Waals surface area contributed by atoms with Crippen molar-refractivity contribution in [2.45, 2.75) is 50.6 Å². The molecule has 2 aliphatic carbocycles. The first-order valence-corrected chi connectivity index (χ1v) is 11.5. The molecule has 1 amide bonds. The fourth-order valence-corrected chi connectivity index (χ4v) is 5.13. The molecule has 35 heavy (non-hydrogen) atoms. The molecule has 0 N–H and O–H groups in total. The standard InChI is InChI=1S/C27H24F3NO4/c1-16-31(24(25(32)35-16)14-17-10-12-18(13-11-17)27(28,29)30)26(33)34-15-23-21-8-4-2-6-19(21)20-7-3-5-9-22(20)23/h2,4-6,8-13,16,23-24H,3,7,14-15H2,1H3. The number of benzene rings is 2. The molecule has 3 aliphatic rings. The van der Waals surface area contributed by atoms with E-state index in [0.717, 1.165) is 36.1 Å². The van der Waals surface area contributed by atoms with Gasteiger partial charge >= 0.3 is 18.2 Å². The fraction of sp³-hybridized carbons (Fsp3) is 0.333. The lowest BCUT2D eigenvalue weighted by Gasteiger charge is -2.25. The van der Waals surface area contributed by atoms with Crippen LogP contribution in [0, 0.1) is 0 Å². The minimum Gasteiger partial charge on any atom is -0.448 e. The molecule has 1 aliphatic heterocycles. The number of alkyl halides is 3. The molecule has 1 saturated heterocycles. The molecular weight excluding hydrogens is 459 g/mol. The van der Waals surface area contributed by atoms with Gasteiger partial charge in [-0.1, -0.05) is 48.6 Å². The van der Waals surface area contributed by atoms with E-state index in [1.165, 1.54) is 28.2 Å². The van der Waals surface area contributed by atoms with E-state index in [1.54, 1.807) is 6.92 Å². The van der Waals surface area contributed by atoms with Crippen LogP contribution >= 0.6 is 0 Å². The van der Waals surface area contributed by atoms with Crippen molar-refractivity contribution in [2.24, 2.45) is 0 Å². The first-order chi connectivity index (χ1) is 16.7. The highest BCUT2D eigenvalue weighted by Crippen LogP contribution is 2.46. The number of cyclic esters (lactones) is 1. The van der Waals surface area contributed by atoms with Gasteiger partial charge < -0.3 is 9.47 Å². The Morgan fingerprint density at radius 1 is 1.14 bits per heavy atom. The Bertz CT molecular complexity index is 1220. The summed E-state index contributed by atoms with van der Waals surface area (Å²) < 4.78 is 49.6. The van der Waals surface area contributed by atoms with E-state index in [1.807, 2.05) is 18.2 Å². The molecule has 182 valence electrons. The van der Waals surface area contributed by atoms with E-state index in [2.05, 4.69) is 18.2 Å². The maximum Gasteiger partial charge on any atom is 0.416 e. The van der Waals surface area contributed by atoms with Crippen LogP contribution in [0.5, 0.6) is 0 Å². The summed E-state index contributed by atoms with van der Waals surface area (Å²) in [6.07, 6.45) is 0.174.